The molecular weight excluding hydrogens is 356 g/mol. The summed E-state index contributed by atoms with van der Waals surface area (Å²) in [6.45, 7) is 1.92. The van der Waals surface area contributed by atoms with E-state index in [0.29, 0.717) is 22.2 Å². The summed E-state index contributed by atoms with van der Waals surface area (Å²) in [5.41, 5.74) is 1.32. The van der Waals surface area contributed by atoms with Crippen LogP contribution < -0.4 is 10.1 Å². The number of anilines is 1. The van der Waals surface area contributed by atoms with Gasteiger partial charge in [0.25, 0.3) is 0 Å². The number of hydrogen-bond acceptors (Lipinski definition) is 4. The molecule has 126 valence electrons. The minimum Gasteiger partial charge on any atom is -0.454 e. The van der Waals surface area contributed by atoms with Gasteiger partial charge in [0.15, 0.2) is 5.75 Å². The van der Waals surface area contributed by atoms with Crippen molar-refractivity contribution in [2.45, 2.75) is 6.92 Å². The molecule has 0 radical (unpaired) electrons. The van der Waals surface area contributed by atoms with Crippen LogP contribution in [-0.4, -0.2) is 10.9 Å². The Morgan fingerprint density at radius 2 is 1.88 bits per heavy atom. The fourth-order valence-corrected chi connectivity index (χ4v) is 2.85. The van der Waals surface area contributed by atoms with Crippen molar-refractivity contribution in [3.05, 3.63) is 75.7 Å². The smallest absolute Gasteiger partial charge is 0.248 e. The molecule has 3 rings (SSSR count). The molecule has 0 bridgehead atoms. The van der Waals surface area contributed by atoms with E-state index < -0.39 is 0 Å². The fourth-order valence-electron chi connectivity index (χ4n) is 2.10. The molecule has 0 saturated carbocycles. The number of ether oxygens (including phenoxy) is 1. The molecule has 2 aromatic carbocycles. The second-order valence-corrected chi connectivity index (χ2v) is 6.61. The Morgan fingerprint density at radius 3 is 2.60 bits per heavy atom. The lowest BCUT2D eigenvalue weighted by Crippen LogP contribution is -2.08. The normalized spacial score (nSPS) is 10.8. The summed E-state index contributed by atoms with van der Waals surface area (Å²) in [5, 5.41) is 6.16. The highest BCUT2D eigenvalue weighted by atomic mass is 35.5. The van der Waals surface area contributed by atoms with Crippen molar-refractivity contribution in [3.8, 4) is 11.5 Å². The van der Waals surface area contributed by atoms with Crippen LogP contribution in [-0.2, 0) is 4.79 Å². The largest absolute Gasteiger partial charge is 0.454 e. The molecule has 0 aliphatic rings. The molecule has 3 aromatic rings. The third-order valence-corrected chi connectivity index (χ3v) is 4.35. The fraction of sp³-hybridized carbons (Fsp3) is 0.0526. The first-order chi connectivity index (χ1) is 12.1. The van der Waals surface area contributed by atoms with Crippen LogP contribution in [0, 0.1) is 6.92 Å². The number of hydrogen-bond donors (Lipinski definition) is 1. The summed E-state index contributed by atoms with van der Waals surface area (Å²) < 4.78 is 5.83. The number of carbonyl (C=O) groups is 1. The van der Waals surface area contributed by atoms with Crippen LogP contribution in [0.1, 0.15) is 10.7 Å². The summed E-state index contributed by atoms with van der Waals surface area (Å²) in [4.78, 5) is 16.4. The van der Waals surface area contributed by atoms with Crippen LogP contribution in [0.15, 0.2) is 60.0 Å². The first-order valence-electron chi connectivity index (χ1n) is 7.54. The highest BCUT2D eigenvalue weighted by Gasteiger charge is 2.08. The number of thiazole rings is 1. The van der Waals surface area contributed by atoms with Crippen LogP contribution in [0.3, 0.4) is 0 Å². The van der Waals surface area contributed by atoms with Crippen molar-refractivity contribution >= 4 is 40.6 Å². The number of aryl methyl sites for hydroxylation is 1. The van der Waals surface area contributed by atoms with Gasteiger partial charge < -0.3 is 10.1 Å². The molecule has 0 saturated heterocycles. The van der Waals surface area contributed by atoms with Gasteiger partial charge in [-0.05, 0) is 37.3 Å². The van der Waals surface area contributed by atoms with E-state index in [4.69, 9.17) is 16.3 Å². The van der Waals surface area contributed by atoms with Gasteiger partial charge in [-0.15, -0.1) is 11.3 Å². The summed E-state index contributed by atoms with van der Waals surface area (Å²) in [6, 6.07) is 14.4. The Hall–Kier alpha value is -2.63. The van der Waals surface area contributed by atoms with Gasteiger partial charge >= 0.3 is 0 Å². The summed E-state index contributed by atoms with van der Waals surface area (Å²) in [6.07, 6.45) is 3.12. The second kappa shape index (κ2) is 7.96. The van der Waals surface area contributed by atoms with Crippen molar-refractivity contribution < 1.29 is 9.53 Å². The van der Waals surface area contributed by atoms with E-state index in [2.05, 4.69) is 10.3 Å². The quantitative estimate of drug-likeness (QED) is 0.599. The van der Waals surface area contributed by atoms with Gasteiger partial charge in [0.1, 0.15) is 5.75 Å². The Morgan fingerprint density at radius 1 is 1.16 bits per heavy atom. The SMILES string of the molecule is Cc1nc(/C=C/C(=O)Nc2ccccc2Oc2ccccc2Cl)cs1. The Labute approximate surface area is 154 Å². The molecule has 0 aliphatic heterocycles. The van der Waals surface area contributed by atoms with Gasteiger partial charge in [0, 0.05) is 11.5 Å². The first kappa shape index (κ1) is 17.2. The van der Waals surface area contributed by atoms with E-state index in [1.165, 1.54) is 17.4 Å². The van der Waals surface area contributed by atoms with Gasteiger partial charge in [-0.25, -0.2) is 4.98 Å². The Kier molecular flexibility index (Phi) is 5.48. The number of nitrogens with zero attached hydrogens (tertiary/aromatic N) is 1. The monoisotopic (exact) mass is 370 g/mol. The zero-order valence-electron chi connectivity index (χ0n) is 13.4. The van der Waals surface area contributed by atoms with Crippen molar-refractivity contribution in [1.82, 2.24) is 4.98 Å². The topological polar surface area (TPSA) is 51.2 Å². The summed E-state index contributed by atoms with van der Waals surface area (Å²) in [7, 11) is 0. The number of halogens is 1. The third-order valence-electron chi connectivity index (χ3n) is 3.24. The van der Waals surface area contributed by atoms with E-state index >= 15 is 0 Å². The standard InChI is InChI=1S/C19H15ClN2O2S/c1-13-21-14(12-25-13)10-11-19(23)22-16-7-3-5-9-18(16)24-17-8-4-2-6-15(17)20/h2-12H,1H3,(H,22,23)/b11-10+. The first-order valence-corrected chi connectivity index (χ1v) is 8.80. The van der Waals surface area contributed by atoms with Crippen LogP contribution in [0.2, 0.25) is 5.02 Å². The lowest BCUT2D eigenvalue weighted by atomic mass is 10.2. The number of benzene rings is 2. The molecule has 6 heteroatoms. The summed E-state index contributed by atoms with van der Waals surface area (Å²) >= 11 is 7.66. The lowest BCUT2D eigenvalue weighted by Gasteiger charge is -2.12. The van der Waals surface area contributed by atoms with Crippen molar-refractivity contribution in [1.29, 1.82) is 0 Å². The molecule has 4 nitrogen and oxygen atoms in total. The second-order valence-electron chi connectivity index (χ2n) is 5.14. The minimum absolute atomic E-state index is 0.263. The zero-order valence-corrected chi connectivity index (χ0v) is 15.0. The average Bonchev–Trinajstić information content (AvgIpc) is 3.02. The van der Waals surface area contributed by atoms with Crippen molar-refractivity contribution in [2.24, 2.45) is 0 Å². The van der Waals surface area contributed by atoms with E-state index in [1.807, 2.05) is 36.6 Å². The van der Waals surface area contributed by atoms with Gasteiger partial charge in [-0.3, -0.25) is 4.79 Å². The molecule has 0 aliphatic carbocycles. The van der Waals surface area contributed by atoms with E-state index in [-0.39, 0.29) is 5.91 Å². The number of carbonyl (C=O) groups excluding carboxylic acids is 1. The van der Waals surface area contributed by atoms with Crippen LogP contribution in [0.5, 0.6) is 11.5 Å². The van der Waals surface area contributed by atoms with Crippen molar-refractivity contribution in [2.75, 3.05) is 5.32 Å². The van der Waals surface area contributed by atoms with Crippen LogP contribution in [0.25, 0.3) is 6.08 Å². The molecule has 1 N–H and O–H groups in total. The van der Waals surface area contributed by atoms with Crippen molar-refractivity contribution in [3.63, 3.8) is 0 Å². The maximum Gasteiger partial charge on any atom is 0.248 e. The molecule has 0 atom stereocenters. The maximum absolute atomic E-state index is 12.2. The molecule has 0 fully saturated rings. The molecular formula is C19H15ClN2O2S. The van der Waals surface area contributed by atoms with E-state index in [0.717, 1.165) is 10.7 Å². The van der Waals surface area contributed by atoms with E-state index in [1.54, 1.807) is 30.3 Å². The zero-order chi connectivity index (χ0) is 17.6. The van der Waals surface area contributed by atoms with Gasteiger partial charge in [0.05, 0.1) is 21.4 Å². The lowest BCUT2D eigenvalue weighted by molar-refractivity contribution is -0.111. The third kappa shape index (κ3) is 4.68. The van der Waals surface area contributed by atoms with Crippen LogP contribution >= 0.6 is 22.9 Å². The molecule has 0 unspecified atom stereocenters. The highest BCUT2D eigenvalue weighted by molar-refractivity contribution is 7.09. The predicted octanol–water partition coefficient (Wildman–Crippen LogP) is 5.55. The van der Waals surface area contributed by atoms with Gasteiger partial charge in [0.2, 0.25) is 5.91 Å². The number of nitrogens with one attached hydrogen (secondary N) is 1. The molecule has 1 aromatic heterocycles. The molecule has 0 spiro atoms. The Balaban J connectivity index is 1.73. The summed E-state index contributed by atoms with van der Waals surface area (Å²) in [5.74, 6) is 0.780. The highest BCUT2D eigenvalue weighted by Crippen LogP contribution is 2.33. The maximum atomic E-state index is 12.2. The minimum atomic E-state index is -0.263. The van der Waals surface area contributed by atoms with E-state index in [9.17, 15) is 4.79 Å². The number of aromatic nitrogens is 1. The molecule has 25 heavy (non-hydrogen) atoms. The number of amides is 1. The molecule has 1 amide bonds. The predicted molar refractivity (Wildman–Crippen MR) is 102 cm³/mol. The van der Waals surface area contributed by atoms with Crippen LogP contribution in [0.4, 0.5) is 5.69 Å². The Bertz CT molecular complexity index is 921. The average molecular weight is 371 g/mol. The van der Waals surface area contributed by atoms with Gasteiger partial charge in [-0.2, -0.15) is 0 Å². The number of rotatable bonds is 5. The number of para-hydroxylation sites is 3. The van der Waals surface area contributed by atoms with Gasteiger partial charge in [-0.1, -0.05) is 35.9 Å². The molecule has 1 heterocycles.